The Bertz CT molecular complexity index is 1080. The van der Waals surface area contributed by atoms with E-state index in [-0.39, 0.29) is 23.9 Å². The maximum Gasteiger partial charge on any atom is 0.255 e. The van der Waals surface area contributed by atoms with Crippen LogP contribution in [-0.4, -0.2) is 47.8 Å². The molecule has 2 aromatic carbocycles. The Morgan fingerprint density at radius 1 is 1.06 bits per heavy atom. The number of morpholine rings is 1. The third-order valence-corrected chi connectivity index (χ3v) is 5.63. The number of aromatic nitrogens is 1. The van der Waals surface area contributed by atoms with Crippen LogP contribution in [0.3, 0.4) is 0 Å². The Hall–Kier alpha value is -3.12. The molecule has 2 atom stereocenters. The van der Waals surface area contributed by atoms with Gasteiger partial charge in [0.1, 0.15) is 11.6 Å². The smallest absolute Gasteiger partial charge is 0.255 e. The normalized spacial score (nSPS) is 18.8. The van der Waals surface area contributed by atoms with Crippen LogP contribution in [0, 0.1) is 12.7 Å². The Labute approximate surface area is 182 Å². The van der Waals surface area contributed by atoms with Crippen molar-refractivity contribution in [2.45, 2.75) is 33.0 Å². The number of nitrogens with zero attached hydrogens (tertiary/aromatic N) is 2. The zero-order chi connectivity index (χ0) is 22.1. The number of halogens is 1. The van der Waals surface area contributed by atoms with E-state index in [0.29, 0.717) is 18.7 Å². The van der Waals surface area contributed by atoms with Gasteiger partial charge in [0, 0.05) is 30.0 Å². The molecular weight excluding hydrogens is 395 g/mol. The number of hydrogen-bond acceptors (Lipinski definition) is 3. The molecule has 1 saturated heterocycles. The fourth-order valence-corrected chi connectivity index (χ4v) is 4.26. The molecule has 1 aromatic heterocycles. The molecule has 2 unspecified atom stereocenters. The van der Waals surface area contributed by atoms with Crippen molar-refractivity contribution in [3.05, 3.63) is 71.7 Å². The average Bonchev–Trinajstić information content (AvgIpc) is 3.10. The summed E-state index contributed by atoms with van der Waals surface area (Å²) < 4.78 is 26.8. The Kier molecular flexibility index (Phi) is 5.83. The van der Waals surface area contributed by atoms with Crippen molar-refractivity contribution in [1.82, 2.24) is 9.47 Å². The van der Waals surface area contributed by atoms with E-state index in [0.717, 1.165) is 28.4 Å². The van der Waals surface area contributed by atoms with Crippen LogP contribution in [0.5, 0.6) is 5.75 Å². The van der Waals surface area contributed by atoms with Gasteiger partial charge < -0.3 is 18.9 Å². The quantitative estimate of drug-likeness (QED) is 0.604. The van der Waals surface area contributed by atoms with Crippen LogP contribution in [-0.2, 0) is 4.74 Å². The lowest BCUT2D eigenvalue weighted by Crippen LogP contribution is -2.48. The van der Waals surface area contributed by atoms with Crippen LogP contribution >= 0.6 is 0 Å². The molecule has 2 heterocycles. The molecular formula is C25H27FN2O3. The fourth-order valence-electron chi connectivity index (χ4n) is 4.26. The Morgan fingerprint density at radius 2 is 1.74 bits per heavy atom. The van der Waals surface area contributed by atoms with Gasteiger partial charge in [-0.3, -0.25) is 4.79 Å². The van der Waals surface area contributed by atoms with E-state index in [1.807, 2.05) is 60.6 Å². The molecule has 6 heteroatoms. The van der Waals surface area contributed by atoms with Crippen molar-refractivity contribution < 1.29 is 18.7 Å². The van der Waals surface area contributed by atoms with E-state index < -0.39 is 0 Å². The summed E-state index contributed by atoms with van der Waals surface area (Å²) >= 11 is 0. The summed E-state index contributed by atoms with van der Waals surface area (Å²) in [6.45, 7) is 6.99. The molecule has 0 radical (unpaired) electrons. The third-order valence-electron chi connectivity index (χ3n) is 5.63. The lowest BCUT2D eigenvalue weighted by atomic mass is 10.1. The molecule has 0 N–H and O–H groups in total. The highest BCUT2D eigenvalue weighted by Gasteiger charge is 2.29. The summed E-state index contributed by atoms with van der Waals surface area (Å²) in [5.41, 5.74) is 3.99. The maximum absolute atomic E-state index is 13.6. The van der Waals surface area contributed by atoms with Crippen LogP contribution in [0.2, 0.25) is 0 Å². The molecule has 0 bridgehead atoms. The SMILES string of the molecule is COc1cccc(-c2cc(C(=O)N3CC(C)OC(C)C3)c(C)n2-c2ccc(F)cc2)c1. The summed E-state index contributed by atoms with van der Waals surface area (Å²) in [6, 6.07) is 15.9. The summed E-state index contributed by atoms with van der Waals surface area (Å²) in [4.78, 5) is 15.3. The summed E-state index contributed by atoms with van der Waals surface area (Å²) in [5, 5.41) is 0. The van der Waals surface area contributed by atoms with E-state index in [2.05, 4.69) is 0 Å². The Balaban J connectivity index is 1.84. The first-order valence-corrected chi connectivity index (χ1v) is 10.4. The zero-order valence-electron chi connectivity index (χ0n) is 18.3. The van der Waals surface area contributed by atoms with Crippen LogP contribution in [0.15, 0.2) is 54.6 Å². The minimum absolute atomic E-state index is 0.00922. The van der Waals surface area contributed by atoms with Gasteiger partial charge in [0.25, 0.3) is 5.91 Å². The predicted octanol–water partition coefficient (Wildman–Crippen LogP) is 4.85. The lowest BCUT2D eigenvalue weighted by Gasteiger charge is -2.35. The first-order chi connectivity index (χ1) is 14.9. The van der Waals surface area contributed by atoms with Crippen LogP contribution < -0.4 is 4.74 Å². The highest BCUT2D eigenvalue weighted by Crippen LogP contribution is 2.32. The molecule has 5 nitrogen and oxygen atoms in total. The molecule has 1 aliphatic heterocycles. The van der Waals surface area contributed by atoms with E-state index in [1.165, 1.54) is 12.1 Å². The van der Waals surface area contributed by atoms with Gasteiger partial charge in [-0.25, -0.2) is 4.39 Å². The van der Waals surface area contributed by atoms with Crippen molar-refractivity contribution in [1.29, 1.82) is 0 Å². The number of ether oxygens (including phenoxy) is 2. The van der Waals surface area contributed by atoms with Gasteiger partial charge in [0.05, 0.1) is 30.6 Å². The molecule has 1 fully saturated rings. The van der Waals surface area contributed by atoms with E-state index in [4.69, 9.17) is 9.47 Å². The van der Waals surface area contributed by atoms with Gasteiger partial charge in [-0.15, -0.1) is 0 Å². The number of amides is 1. The number of methoxy groups -OCH3 is 1. The molecule has 1 amide bonds. The summed E-state index contributed by atoms with van der Waals surface area (Å²) in [6.07, 6.45) is -0.0184. The van der Waals surface area contributed by atoms with E-state index in [1.54, 1.807) is 19.2 Å². The number of carbonyl (C=O) groups is 1. The van der Waals surface area contributed by atoms with Crippen molar-refractivity contribution in [3.63, 3.8) is 0 Å². The molecule has 31 heavy (non-hydrogen) atoms. The van der Waals surface area contributed by atoms with Gasteiger partial charge in [-0.05, 0) is 63.2 Å². The largest absolute Gasteiger partial charge is 0.497 e. The second-order valence-corrected chi connectivity index (χ2v) is 8.04. The topological polar surface area (TPSA) is 43.7 Å². The van der Waals surface area contributed by atoms with Crippen molar-refractivity contribution in [2.24, 2.45) is 0 Å². The zero-order valence-corrected chi connectivity index (χ0v) is 18.3. The van der Waals surface area contributed by atoms with Gasteiger partial charge in [-0.1, -0.05) is 12.1 Å². The van der Waals surface area contributed by atoms with Crippen LogP contribution in [0.4, 0.5) is 4.39 Å². The molecule has 0 saturated carbocycles. The monoisotopic (exact) mass is 422 g/mol. The average molecular weight is 423 g/mol. The summed E-state index contributed by atoms with van der Waals surface area (Å²) in [5.74, 6) is 0.402. The van der Waals surface area contributed by atoms with Crippen molar-refractivity contribution in [3.8, 4) is 22.7 Å². The Morgan fingerprint density at radius 3 is 2.39 bits per heavy atom. The number of hydrogen-bond donors (Lipinski definition) is 0. The van der Waals surface area contributed by atoms with Gasteiger partial charge in [-0.2, -0.15) is 0 Å². The lowest BCUT2D eigenvalue weighted by molar-refractivity contribution is -0.0586. The van der Waals surface area contributed by atoms with Crippen molar-refractivity contribution >= 4 is 5.91 Å². The first kappa shape index (κ1) is 21.1. The molecule has 0 spiro atoms. The van der Waals surface area contributed by atoms with Crippen LogP contribution in [0.1, 0.15) is 29.9 Å². The van der Waals surface area contributed by atoms with Gasteiger partial charge >= 0.3 is 0 Å². The summed E-state index contributed by atoms with van der Waals surface area (Å²) in [7, 11) is 1.62. The van der Waals surface area contributed by atoms with E-state index >= 15 is 0 Å². The number of benzene rings is 2. The second kappa shape index (κ2) is 8.55. The second-order valence-electron chi connectivity index (χ2n) is 8.04. The fraction of sp³-hybridized carbons (Fsp3) is 0.320. The molecule has 1 aliphatic rings. The maximum atomic E-state index is 13.6. The highest BCUT2D eigenvalue weighted by atomic mass is 19.1. The van der Waals surface area contributed by atoms with Crippen LogP contribution in [0.25, 0.3) is 16.9 Å². The predicted molar refractivity (Wildman–Crippen MR) is 118 cm³/mol. The van der Waals surface area contributed by atoms with Gasteiger partial charge in [0.15, 0.2) is 0 Å². The highest BCUT2D eigenvalue weighted by molar-refractivity contribution is 5.97. The molecule has 162 valence electrons. The minimum Gasteiger partial charge on any atom is -0.497 e. The van der Waals surface area contributed by atoms with E-state index in [9.17, 15) is 9.18 Å². The first-order valence-electron chi connectivity index (χ1n) is 10.4. The third kappa shape index (κ3) is 4.21. The molecule has 3 aromatic rings. The standard InChI is InChI=1S/C25H27FN2O3/c1-16-14-27(15-17(2)31-16)25(29)23-13-24(19-6-5-7-22(12-19)30-4)28(18(23)3)21-10-8-20(26)9-11-21/h5-13,16-17H,14-15H2,1-4H3. The van der Waals surface area contributed by atoms with Crippen molar-refractivity contribution in [2.75, 3.05) is 20.2 Å². The molecule has 0 aliphatic carbocycles. The number of rotatable bonds is 4. The molecule has 4 rings (SSSR count). The van der Waals surface area contributed by atoms with Gasteiger partial charge in [0.2, 0.25) is 0 Å². The number of carbonyl (C=O) groups excluding carboxylic acids is 1. The minimum atomic E-state index is -0.302.